The maximum absolute atomic E-state index is 10.9. The van der Waals surface area contributed by atoms with Crippen LogP contribution in [0.3, 0.4) is 0 Å². The van der Waals surface area contributed by atoms with Crippen LogP contribution in [0.4, 0.5) is 15.0 Å². The molecule has 1 aromatic carbocycles. The summed E-state index contributed by atoms with van der Waals surface area (Å²) in [6.45, 7) is 14.0. The summed E-state index contributed by atoms with van der Waals surface area (Å²) in [5.41, 5.74) is 1.81. The highest BCUT2D eigenvalue weighted by Crippen LogP contribution is 2.49. The van der Waals surface area contributed by atoms with Crippen molar-refractivity contribution in [2.24, 2.45) is 0 Å². The number of oxazole rings is 1. The topological polar surface area (TPSA) is 167 Å². The highest BCUT2D eigenvalue weighted by atomic mass is 79.9. The Morgan fingerprint density at radius 3 is 1.49 bits per heavy atom. The number of nitrogens with one attached hydrogen (secondary N) is 1. The minimum atomic E-state index is -0.768. The molecule has 0 radical (unpaired) electrons. The third kappa shape index (κ3) is 15.2. The summed E-state index contributed by atoms with van der Waals surface area (Å²) in [5, 5.41) is 26.6. The van der Waals surface area contributed by atoms with Gasteiger partial charge < -0.3 is 44.4 Å². The normalized spacial score (nSPS) is 11.8. The van der Waals surface area contributed by atoms with Crippen LogP contribution in [-0.4, -0.2) is 144 Å². The van der Waals surface area contributed by atoms with Crippen molar-refractivity contribution in [3.63, 3.8) is 0 Å². The molecule has 13 heterocycles. The average Bonchev–Trinajstić information content (AvgIpc) is 1.69. The molecule has 0 saturated carbocycles. The molecule has 13 aromatic heterocycles. The molecular formula is C62H57BrN8O7S12. The Kier molecular flexibility index (Phi) is 21.7. The van der Waals surface area contributed by atoms with Gasteiger partial charge in [-0.25, -0.2) is 9.83 Å². The Balaban J connectivity index is 0.000000132. The second kappa shape index (κ2) is 29.6. The predicted octanol–water partition coefficient (Wildman–Crippen LogP) is 19.0. The zero-order chi connectivity index (χ0) is 63.3. The summed E-state index contributed by atoms with van der Waals surface area (Å²) in [4.78, 5) is 64.7. The minimum Gasteiger partial charge on any atom is -0.481 e. The van der Waals surface area contributed by atoms with Gasteiger partial charge in [0.2, 0.25) is 11.6 Å². The fourth-order valence-electron chi connectivity index (χ4n) is 9.32. The SMILES string of the molecule is Brc1cc2sc3ccsc3c2s1.CN(CCC(=O)O)CCN(C)c1cc2sc3cc(C=O)sc3c2s1.CNCCN(C)c1cc2sc3cc(C=O)sc3c2s1.[C-]#[N+]/C(=C\c1cc2sc3cc(N(C)CCN(C)CCC(=O)O)sc3c2s1)c1nc2ccccc2o1. The molecule has 0 aliphatic rings. The van der Waals surface area contributed by atoms with E-state index in [1.165, 1.54) is 94.0 Å². The van der Waals surface area contributed by atoms with Gasteiger partial charge in [0, 0.05) is 116 Å². The van der Waals surface area contributed by atoms with Gasteiger partial charge in [-0.1, -0.05) is 12.1 Å². The summed E-state index contributed by atoms with van der Waals surface area (Å²) < 4.78 is 27.8. The molecule has 14 rings (SSSR count). The first-order valence-corrected chi connectivity index (χ1v) is 38.5. The Morgan fingerprint density at radius 1 is 0.556 bits per heavy atom. The summed E-state index contributed by atoms with van der Waals surface area (Å²) >= 11 is 24.5. The number of carboxylic acids is 2. The predicted molar refractivity (Wildman–Crippen MR) is 401 cm³/mol. The number of hydrogen-bond acceptors (Lipinski definition) is 24. The second-order valence-electron chi connectivity index (χ2n) is 20.8. The number of halogens is 1. The lowest BCUT2D eigenvalue weighted by atomic mass is 10.3. The number of anilines is 3. The lowest BCUT2D eigenvalue weighted by molar-refractivity contribution is -0.138. The zero-order valence-electron chi connectivity index (χ0n) is 49.2. The lowest BCUT2D eigenvalue weighted by Gasteiger charge is -2.21. The Hall–Kier alpha value is -5.56. The fraction of sp³-hybridized carbons (Fsp3) is 0.258. The number of hydrogen-bond donors (Lipinski definition) is 3. The zero-order valence-corrected chi connectivity index (χ0v) is 60.5. The van der Waals surface area contributed by atoms with E-state index in [0.717, 1.165) is 72.0 Å². The second-order valence-corrected chi connectivity index (χ2v) is 34.8. The number of carboxylic acid groups (broad SMARTS) is 2. The number of para-hydroxylation sites is 2. The van der Waals surface area contributed by atoms with Crippen molar-refractivity contribution in [3.05, 3.63) is 114 Å². The largest absolute Gasteiger partial charge is 0.481 e. The molecule has 28 heteroatoms. The Labute approximate surface area is 573 Å². The molecule has 0 spiro atoms. The van der Waals surface area contributed by atoms with Crippen LogP contribution in [0.25, 0.3) is 103 Å². The van der Waals surface area contributed by atoms with Gasteiger partial charge in [-0.15, -0.1) is 136 Å². The minimum absolute atomic E-state index is 0.156. The number of aromatic nitrogens is 1. The van der Waals surface area contributed by atoms with Crippen molar-refractivity contribution in [3.8, 4) is 0 Å². The van der Waals surface area contributed by atoms with Crippen LogP contribution < -0.4 is 20.0 Å². The average molecular weight is 1490 g/mol. The molecule has 0 saturated heterocycles. The van der Waals surface area contributed by atoms with E-state index in [0.29, 0.717) is 30.3 Å². The lowest BCUT2D eigenvalue weighted by Crippen LogP contribution is -2.31. The number of aldehydes is 2. The van der Waals surface area contributed by atoms with E-state index in [4.69, 9.17) is 21.2 Å². The maximum Gasteiger partial charge on any atom is 0.304 e. The van der Waals surface area contributed by atoms with Gasteiger partial charge in [-0.2, -0.15) is 0 Å². The van der Waals surface area contributed by atoms with E-state index in [-0.39, 0.29) is 12.8 Å². The van der Waals surface area contributed by atoms with Crippen molar-refractivity contribution in [1.29, 1.82) is 0 Å². The maximum atomic E-state index is 10.9. The van der Waals surface area contributed by atoms with Crippen LogP contribution in [0.2, 0.25) is 0 Å². The van der Waals surface area contributed by atoms with Crippen molar-refractivity contribution in [1.82, 2.24) is 20.1 Å². The molecule has 466 valence electrons. The van der Waals surface area contributed by atoms with E-state index in [9.17, 15) is 19.2 Å². The van der Waals surface area contributed by atoms with Crippen molar-refractivity contribution in [2.45, 2.75) is 12.8 Å². The smallest absolute Gasteiger partial charge is 0.304 e. The summed E-state index contributed by atoms with van der Waals surface area (Å²) in [6, 6.07) is 24.7. The standard InChI is InChI=1S/C25H22N4O3S3.C16H18N2O3S3.C13H14N2OS3.C8H3BrS3/c1-26-17(25-27-16-6-4-5-7-18(16)32-25)12-15-13-19-23(33-15)24-20(34-19)14-21(35-24)29(3)11-10-28(2)9-8-22(30)31;1-17(4-3-14(20)21)5-6-18(2)13-8-12-16(24-13)15-11(23-12)7-10(9-19)22-15;1-14-3-4-15(2)11-6-10-13(19-11)12-9(18-10)5-8(7-16)17-12;9-6-3-5-8(12-6)7-4(11-5)1-2-10-7/h4-7,12-14H,8-11H2,2-3H3,(H,30,31);7-9H,3-6H2,1-2H3,(H,20,21);5-7,14H,3-4H2,1-2H3;1-3H/b17-12-;;;. The first-order valence-electron chi connectivity index (χ1n) is 27.8. The van der Waals surface area contributed by atoms with Crippen LogP contribution in [0.1, 0.15) is 43.0 Å². The van der Waals surface area contributed by atoms with Gasteiger partial charge in [0.1, 0.15) is 5.52 Å². The van der Waals surface area contributed by atoms with E-state index in [1.807, 2.05) is 119 Å². The van der Waals surface area contributed by atoms with Gasteiger partial charge in [0.25, 0.3) is 0 Å². The first kappa shape index (κ1) is 65.9. The highest BCUT2D eigenvalue weighted by Gasteiger charge is 2.20. The number of thiophene rings is 12. The van der Waals surface area contributed by atoms with E-state index >= 15 is 0 Å². The van der Waals surface area contributed by atoms with E-state index in [2.05, 4.69) is 109 Å². The van der Waals surface area contributed by atoms with E-state index in [1.54, 1.807) is 90.7 Å². The molecule has 15 nitrogen and oxygen atoms in total. The number of nitrogens with zero attached hydrogens (tertiary/aromatic N) is 7. The third-order valence-electron chi connectivity index (χ3n) is 14.2. The number of rotatable bonds is 22. The van der Waals surface area contributed by atoms with Crippen molar-refractivity contribution >= 4 is 290 Å². The molecule has 0 amide bonds. The molecule has 90 heavy (non-hydrogen) atoms. The van der Waals surface area contributed by atoms with Gasteiger partial charge >= 0.3 is 11.9 Å². The monoisotopic (exact) mass is 1490 g/mol. The van der Waals surface area contributed by atoms with Gasteiger partial charge in [0.05, 0.1) is 85.6 Å². The van der Waals surface area contributed by atoms with Crippen LogP contribution in [0.15, 0.2) is 86.4 Å². The third-order valence-corrected chi connectivity index (χ3v) is 29.8. The number of carbonyl (C=O) groups is 4. The Bertz CT molecular complexity index is 4900. The van der Waals surface area contributed by atoms with Crippen LogP contribution in [-0.2, 0) is 9.59 Å². The van der Waals surface area contributed by atoms with Gasteiger partial charge in [0.15, 0.2) is 18.2 Å². The fourth-order valence-corrected chi connectivity index (χ4v) is 25.3. The number of likely N-dealkylation sites (N-methyl/N-ethyl adjacent to an activating group) is 6. The number of aliphatic carboxylic acids is 2. The quantitative estimate of drug-likeness (QED) is 0.0433. The van der Waals surface area contributed by atoms with Crippen LogP contribution in [0.5, 0.6) is 0 Å². The van der Waals surface area contributed by atoms with Crippen LogP contribution >= 0.6 is 152 Å². The molecule has 14 aromatic rings. The molecule has 0 bridgehead atoms. The molecule has 3 N–H and O–H groups in total. The summed E-state index contributed by atoms with van der Waals surface area (Å²) in [5.74, 6) is -1.19. The van der Waals surface area contributed by atoms with E-state index < -0.39 is 11.9 Å². The molecular weight excluding hydrogens is 1430 g/mol. The number of fused-ring (bicyclic) bond motifs is 13. The van der Waals surface area contributed by atoms with Gasteiger partial charge in [-0.3, -0.25) is 19.2 Å². The van der Waals surface area contributed by atoms with Crippen LogP contribution in [0, 0.1) is 6.57 Å². The molecule has 0 aliphatic heterocycles. The molecule has 0 unspecified atom stereocenters. The highest BCUT2D eigenvalue weighted by molar-refractivity contribution is 9.11. The number of carbonyl (C=O) groups excluding carboxylic acids is 2. The molecule has 0 aliphatic carbocycles. The number of benzene rings is 1. The summed E-state index contributed by atoms with van der Waals surface area (Å²) in [7, 11) is 12.1. The molecule has 0 atom stereocenters. The van der Waals surface area contributed by atoms with Crippen molar-refractivity contribution < 1.29 is 33.8 Å². The van der Waals surface area contributed by atoms with Gasteiger partial charge in [-0.05, 0) is 109 Å². The Morgan fingerprint density at radius 2 is 1.00 bits per heavy atom. The molecule has 0 fully saturated rings. The van der Waals surface area contributed by atoms with Crippen molar-refractivity contribution in [2.75, 3.05) is 109 Å². The first-order chi connectivity index (χ1) is 43.4. The summed E-state index contributed by atoms with van der Waals surface area (Å²) in [6.07, 6.45) is 4.04.